The van der Waals surface area contributed by atoms with Crippen LogP contribution in [-0.2, 0) is 4.79 Å². The van der Waals surface area contributed by atoms with Crippen molar-refractivity contribution >= 4 is 11.6 Å². The molecule has 4 heteroatoms. The predicted molar refractivity (Wildman–Crippen MR) is 87.1 cm³/mol. The second kappa shape index (κ2) is 7.09. The average molecular weight is 299 g/mol. The molecule has 0 spiro atoms. The Hall–Kier alpha value is -2.33. The second-order valence-corrected chi connectivity index (χ2v) is 5.40. The van der Waals surface area contributed by atoms with E-state index in [2.05, 4.69) is 5.32 Å². The standard InChI is InChI=1S/C18H21NO3/c1-12-4-9-17(13(2)10-12)22-11-18(21)19-16-7-5-15(6-8-16)14(3)20/h4-10,14,20H,11H2,1-3H3,(H,19,21). The number of rotatable bonds is 5. The molecule has 0 aliphatic carbocycles. The van der Waals surface area contributed by atoms with E-state index in [-0.39, 0.29) is 12.5 Å². The highest BCUT2D eigenvalue weighted by atomic mass is 16.5. The molecule has 0 radical (unpaired) electrons. The van der Waals surface area contributed by atoms with E-state index in [9.17, 15) is 9.90 Å². The van der Waals surface area contributed by atoms with Gasteiger partial charge >= 0.3 is 0 Å². The largest absolute Gasteiger partial charge is 0.483 e. The van der Waals surface area contributed by atoms with E-state index in [0.717, 1.165) is 16.7 Å². The van der Waals surface area contributed by atoms with Crippen molar-refractivity contribution in [2.45, 2.75) is 26.9 Å². The van der Waals surface area contributed by atoms with Gasteiger partial charge in [-0.15, -0.1) is 0 Å². The number of aryl methyl sites for hydroxylation is 2. The SMILES string of the molecule is Cc1ccc(OCC(=O)Nc2ccc(C(C)O)cc2)c(C)c1. The average Bonchev–Trinajstić information content (AvgIpc) is 2.47. The highest BCUT2D eigenvalue weighted by Crippen LogP contribution is 2.19. The molecule has 2 rings (SSSR count). The van der Waals surface area contributed by atoms with Crippen molar-refractivity contribution < 1.29 is 14.6 Å². The summed E-state index contributed by atoms with van der Waals surface area (Å²) in [7, 11) is 0. The van der Waals surface area contributed by atoms with Gasteiger partial charge in [-0.25, -0.2) is 0 Å². The fourth-order valence-electron chi connectivity index (χ4n) is 2.15. The minimum atomic E-state index is -0.516. The lowest BCUT2D eigenvalue weighted by Crippen LogP contribution is -2.20. The van der Waals surface area contributed by atoms with E-state index in [1.165, 1.54) is 0 Å². The van der Waals surface area contributed by atoms with Gasteiger partial charge in [-0.2, -0.15) is 0 Å². The lowest BCUT2D eigenvalue weighted by atomic mass is 10.1. The number of anilines is 1. The first-order valence-corrected chi connectivity index (χ1v) is 7.23. The zero-order chi connectivity index (χ0) is 16.1. The van der Waals surface area contributed by atoms with Crippen LogP contribution < -0.4 is 10.1 Å². The summed E-state index contributed by atoms with van der Waals surface area (Å²) in [6.45, 7) is 5.63. The number of aliphatic hydroxyl groups is 1. The molecule has 0 saturated heterocycles. The molecule has 1 unspecified atom stereocenters. The van der Waals surface area contributed by atoms with Gasteiger partial charge in [0, 0.05) is 5.69 Å². The number of benzene rings is 2. The highest BCUT2D eigenvalue weighted by molar-refractivity contribution is 5.91. The summed E-state index contributed by atoms with van der Waals surface area (Å²) in [6, 6.07) is 12.9. The maximum atomic E-state index is 11.9. The fraction of sp³-hybridized carbons (Fsp3) is 0.278. The Kier molecular flexibility index (Phi) is 5.17. The van der Waals surface area contributed by atoms with Crippen LogP contribution in [-0.4, -0.2) is 17.6 Å². The van der Waals surface area contributed by atoms with Gasteiger partial charge in [-0.1, -0.05) is 29.8 Å². The monoisotopic (exact) mass is 299 g/mol. The molecule has 22 heavy (non-hydrogen) atoms. The van der Waals surface area contributed by atoms with Crippen LogP contribution in [0.3, 0.4) is 0 Å². The Morgan fingerprint density at radius 2 is 1.86 bits per heavy atom. The number of carbonyl (C=O) groups excluding carboxylic acids is 1. The first kappa shape index (κ1) is 16.0. The van der Waals surface area contributed by atoms with Gasteiger partial charge in [0.2, 0.25) is 0 Å². The first-order chi connectivity index (χ1) is 10.5. The molecule has 0 fully saturated rings. The van der Waals surface area contributed by atoms with Crippen LogP contribution in [0, 0.1) is 13.8 Å². The lowest BCUT2D eigenvalue weighted by Gasteiger charge is -2.11. The summed E-state index contributed by atoms with van der Waals surface area (Å²) in [4.78, 5) is 11.9. The van der Waals surface area contributed by atoms with Crippen molar-refractivity contribution in [1.82, 2.24) is 0 Å². The van der Waals surface area contributed by atoms with Crippen molar-refractivity contribution in [2.75, 3.05) is 11.9 Å². The molecule has 2 aromatic carbocycles. The number of hydrogen-bond acceptors (Lipinski definition) is 3. The Morgan fingerprint density at radius 1 is 1.18 bits per heavy atom. The van der Waals surface area contributed by atoms with Gasteiger partial charge in [-0.3, -0.25) is 4.79 Å². The van der Waals surface area contributed by atoms with Crippen LogP contribution in [0.25, 0.3) is 0 Å². The smallest absolute Gasteiger partial charge is 0.262 e. The van der Waals surface area contributed by atoms with Crippen LogP contribution in [0.2, 0.25) is 0 Å². The zero-order valence-electron chi connectivity index (χ0n) is 13.1. The van der Waals surface area contributed by atoms with Crippen molar-refractivity contribution in [1.29, 1.82) is 0 Å². The number of aliphatic hydroxyl groups excluding tert-OH is 1. The minimum Gasteiger partial charge on any atom is -0.483 e. The van der Waals surface area contributed by atoms with Crippen molar-refractivity contribution in [3.05, 3.63) is 59.2 Å². The number of hydrogen-bond donors (Lipinski definition) is 2. The van der Waals surface area contributed by atoms with E-state index < -0.39 is 6.10 Å². The Bertz CT molecular complexity index is 648. The predicted octanol–water partition coefficient (Wildman–Crippen LogP) is 3.37. The summed E-state index contributed by atoms with van der Waals surface area (Å²) < 4.78 is 5.54. The Balaban J connectivity index is 1.90. The summed E-state index contributed by atoms with van der Waals surface area (Å²) >= 11 is 0. The van der Waals surface area contributed by atoms with Crippen molar-refractivity contribution in [3.63, 3.8) is 0 Å². The zero-order valence-corrected chi connectivity index (χ0v) is 13.1. The lowest BCUT2D eigenvalue weighted by molar-refractivity contribution is -0.118. The molecule has 1 atom stereocenters. The molecule has 0 aromatic heterocycles. The van der Waals surface area contributed by atoms with Crippen LogP contribution in [0.1, 0.15) is 29.7 Å². The molecule has 4 nitrogen and oxygen atoms in total. The third-order valence-electron chi connectivity index (χ3n) is 3.37. The van der Waals surface area contributed by atoms with Gasteiger partial charge in [0.05, 0.1) is 6.10 Å². The van der Waals surface area contributed by atoms with Crippen LogP contribution in [0.15, 0.2) is 42.5 Å². The van der Waals surface area contributed by atoms with Crippen LogP contribution in [0.4, 0.5) is 5.69 Å². The molecule has 0 bridgehead atoms. The highest BCUT2D eigenvalue weighted by Gasteiger charge is 2.06. The summed E-state index contributed by atoms with van der Waals surface area (Å²) in [6.07, 6.45) is -0.516. The topological polar surface area (TPSA) is 58.6 Å². The third kappa shape index (κ3) is 4.33. The maximum Gasteiger partial charge on any atom is 0.262 e. The minimum absolute atomic E-state index is 0.0396. The van der Waals surface area contributed by atoms with E-state index in [4.69, 9.17) is 4.74 Å². The van der Waals surface area contributed by atoms with Gasteiger partial charge in [0.15, 0.2) is 6.61 Å². The fourth-order valence-corrected chi connectivity index (χ4v) is 2.15. The second-order valence-electron chi connectivity index (χ2n) is 5.40. The van der Waals surface area contributed by atoms with Gasteiger partial charge < -0.3 is 15.2 Å². The van der Waals surface area contributed by atoms with E-state index >= 15 is 0 Å². The van der Waals surface area contributed by atoms with Crippen LogP contribution >= 0.6 is 0 Å². The number of amides is 1. The molecule has 116 valence electrons. The van der Waals surface area contributed by atoms with Crippen molar-refractivity contribution in [3.8, 4) is 5.75 Å². The number of nitrogens with one attached hydrogen (secondary N) is 1. The van der Waals surface area contributed by atoms with E-state index in [1.54, 1.807) is 31.2 Å². The van der Waals surface area contributed by atoms with Gasteiger partial charge in [0.1, 0.15) is 5.75 Å². The summed E-state index contributed by atoms with van der Waals surface area (Å²) in [5.74, 6) is 0.495. The molecule has 0 aliphatic heterocycles. The van der Waals surface area contributed by atoms with Crippen molar-refractivity contribution in [2.24, 2.45) is 0 Å². The normalized spacial score (nSPS) is 11.8. The Morgan fingerprint density at radius 3 is 2.45 bits per heavy atom. The van der Waals surface area contributed by atoms with Gasteiger partial charge in [-0.05, 0) is 50.1 Å². The first-order valence-electron chi connectivity index (χ1n) is 7.23. The summed E-state index contributed by atoms with van der Waals surface area (Å²) in [5, 5.41) is 12.2. The molecule has 0 saturated carbocycles. The maximum absolute atomic E-state index is 11.9. The van der Waals surface area contributed by atoms with Gasteiger partial charge in [0.25, 0.3) is 5.91 Å². The third-order valence-corrected chi connectivity index (χ3v) is 3.37. The molecule has 0 heterocycles. The van der Waals surface area contributed by atoms with E-state index in [0.29, 0.717) is 11.4 Å². The Labute approximate surface area is 130 Å². The van der Waals surface area contributed by atoms with E-state index in [1.807, 2.05) is 32.0 Å². The summed E-state index contributed by atoms with van der Waals surface area (Å²) in [5.41, 5.74) is 3.66. The quantitative estimate of drug-likeness (QED) is 0.890. The number of carbonyl (C=O) groups is 1. The molecule has 0 aliphatic rings. The molecular formula is C18H21NO3. The molecular weight excluding hydrogens is 278 g/mol. The number of ether oxygens (including phenoxy) is 1. The molecule has 1 amide bonds. The molecule has 2 N–H and O–H groups in total. The molecule has 2 aromatic rings. The van der Waals surface area contributed by atoms with Crippen LogP contribution in [0.5, 0.6) is 5.75 Å².